The van der Waals surface area contributed by atoms with E-state index >= 15 is 0 Å². The molecule has 0 aliphatic rings. The van der Waals surface area contributed by atoms with Gasteiger partial charge in [-0.2, -0.15) is 0 Å². The van der Waals surface area contributed by atoms with Crippen molar-refractivity contribution < 1.29 is 9.90 Å². The third kappa shape index (κ3) is 19.6. The molecule has 0 bridgehead atoms. The van der Waals surface area contributed by atoms with Gasteiger partial charge in [0.25, 0.3) is 0 Å². The number of hydrogen-bond donors (Lipinski definition) is 1. The quantitative estimate of drug-likeness (QED) is 0.175. The van der Waals surface area contributed by atoms with Crippen molar-refractivity contribution in [2.45, 2.75) is 52.4 Å². The Bertz CT molecular complexity index is 540. The van der Waals surface area contributed by atoms with E-state index in [4.69, 9.17) is 5.11 Å². The minimum Gasteiger partial charge on any atom is -0.478 e. The number of unbranched alkanes of at least 4 members (excludes halogenated alkanes) is 1. The fourth-order valence-electron chi connectivity index (χ4n) is 1.92. The summed E-state index contributed by atoms with van der Waals surface area (Å²) >= 11 is 0. The van der Waals surface area contributed by atoms with Crippen LogP contribution in [0.5, 0.6) is 0 Å². The van der Waals surface area contributed by atoms with Crippen molar-refractivity contribution in [3.8, 4) is 0 Å². The largest absolute Gasteiger partial charge is 0.478 e. The van der Waals surface area contributed by atoms with Gasteiger partial charge in [0.2, 0.25) is 0 Å². The molecule has 0 fully saturated rings. The number of rotatable bonds is 13. The van der Waals surface area contributed by atoms with E-state index in [0.717, 1.165) is 44.1 Å². The molecule has 0 aromatic carbocycles. The minimum absolute atomic E-state index is 0.733. The molecule has 0 rings (SSSR count). The van der Waals surface area contributed by atoms with Crippen LogP contribution < -0.4 is 0 Å². The molecule has 0 heterocycles. The Hall–Kier alpha value is -2.35. The lowest BCUT2D eigenvalue weighted by atomic mass is 10.2. The standard InChI is InChI=1S/C23H32O2/c1-3-4-5-6-7-8-9-10-11-12-13-14-15-16-17-18-19-20-22(2)21-23(24)25/h4-5,7-8,10-11,13-14,17-21H,3,6,9,12,15-16H2,1-2H3,(H,24,25)/b5-4+,8-7+,11-10+,14-13+,18-17+,20-19+,22-21+. The van der Waals surface area contributed by atoms with E-state index in [2.05, 4.69) is 61.6 Å². The van der Waals surface area contributed by atoms with E-state index in [-0.39, 0.29) is 0 Å². The summed E-state index contributed by atoms with van der Waals surface area (Å²) in [5.41, 5.74) is 0.733. The fourth-order valence-corrected chi connectivity index (χ4v) is 1.92. The van der Waals surface area contributed by atoms with Crippen LogP contribution in [0.25, 0.3) is 0 Å². The van der Waals surface area contributed by atoms with Crippen LogP contribution in [-0.2, 0) is 4.79 Å². The molecule has 0 amide bonds. The van der Waals surface area contributed by atoms with E-state index in [0.29, 0.717) is 0 Å². The Morgan fingerprint density at radius 3 is 1.84 bits per heavy atom. The third-order valence-electron chi connectivity index (χ3n) is 3.18. The predicted molar refractivity (Wildman–Crippen MR) is 110 cm³/mol. The first-order chi connectivity index (χ1) is 12.2. The lowest BCUT2D eigenvalue weighted by Crippen LogP contribution is -1.87. The molecule has 0 aromatic rings. The molecule has 2 nitrogen and oxygen atoms in total. The molecule has 2 heteroatoms. The maximum atomic E-state index is 10.4. The average molecular weight is 341 g/mol. The first kappa shape index (κ1) is 22.6. The molecular weight excluding hydrogens is 308 g/mol. The second kappa shape index (κ2) is 18.0. The van der Waals surface area contributed by atoms with E-state index in [1.54, 1.807) is 13.0 Å². The summed E-state index contributed by atoms with van der Waals surface area (Å²) in [6.45, 7) is 3.92. The second-order valence-corrected chi connectivity index (χ2v) is 5.59. The molecule has 136 valence electrons. The Kier molecular flexibility index (Phi) is 16.3. The number of allylic oxidation sites excluding steroid dienone is 13. The smallest absolute Gasteiger partial charge is 0.328 e. The van der Waals surface area contributed by atoms with Gasteiger partial charge in [-0.15, -0.1) is 0 Å². The van der Waals surface area contributed by atoms with Crippen LogP contribution in [0.1, 0.15) is 52.4 Å². The van der Waals surface area contributed by atoms with Crippen LogP contribution in [0.2, 0.25) is 0 Å². The number of carboxylic acids is 1. The molecule has 0 aliphatic heterocycles. The van der Waals surface area contributed by atoms with Crippen molar-refractivity contribution in [1.82, 2.24) is 0 Å². The number of carbonyl (C=O) groups is 1. The Balaban J connectivity index is 3.68. The molecule has 0 spiro atoms. The van der Waals surface area contributed by atoms with Crippen molar-refractivity contribution in [3.63, 3.8) is 0 Å². The van der Waals surface area contributed by atoms with Crippen LogP contribution in [0.4, 0.5) is 0 Å². The van der Waals surface area contributed by atoms with Crippen LogP contribution >= 0.6 is 0 Å². The van der Waals surface area contributed by atoms with Gasteiger partial charge in [-0.05, 0) is 51.0 Å². The molecule has 0 atom stereocenters. The zero-order valence-electron chi connectivity index (χ0n) is 15.6. The number of carboxylic acid groups (broad SMARTS) is 1. The molecule has 0 saturated heterocycles. The summed E-state index contributed by atoms with van der Waals surface area (Å²) in [5, 5.41) is 8.58. The van der Waals surface area contributed by atoms with Gasteiger partial charge in [-0.3, -0.25) is 0 Å². The van der Waals surface area contributed by atoms with Crippen molar-refractivity contribution in [2.75, 3.05) is 0 Å². The SMILES string of the molecule is CC/C=C/C/C=C/C/C=C/C/C=C/CC/C=C/C=C/C(C)=C/C(=O)O. The first-order valence-corrected chi connectivity index (χ1v) is 9.01. The van der Waals surface area contributed by atoms with E-state index < -0.39 is 5.97 Å². The van der Waals surface area contributed by atoms with Crippen LogP contribution in [-0.4, -0.2) is 11.1 Å². The maximum absolute atomic E-state index is 10.4. The molecule has 0 aliphatic carbocycles. The molecule has 0 unspecified atom stereocenters. The molecule has 0 aromatic heterocycles. The highest BCUT2D eigenvalue weighted by molar-refractivity contribution is 5.81. The minimum atomic E-state index is -0.912. The van der Waals surface area contributed by atoms with Crippen LogP contribution in [0.15, 0.2) is 84.6 Å². The molecular formula is C23H32O2. The highest BCUT2D eigenvalue weighted by atomic mass is 16.4. The second-order valence-electron chi connectivity index (χ2n) is 5.59. The van der Waals surface area contributed by atoms with Gasteiger partial charge >= 0.3 is 5.97 Å². The highest BCUT2D eigenvalue weighted by Gasteiger charge is 1.87. The molecule has 0 saturated carbocycles. The van der Waals surface area contributed by atoms with Crippen molar-refractivity contribution in [2.24, 2.45) is 0 Å². The molecule has 0 radical (unpaired) electrons. The molecule has 25 heavy (non-hydrogen) atoms. The van der Waals surface area contributed by atoms with Crippen LogP contribution in [0, 0.1) is 0 Å². The Labute approximate surface area is 153 Å². The van der Waals surface area contributed by atoms with Gasteiger partial charge in [-0.25, -0.2) is 4.79 Å². The summed E-state index contributed by atoms with van der Waals surface area (Å²) in [4.78, 5) is 10.4. The lowest BCUT2D eigenvalue weighted by Gasteiger charge is -1.88. The maximum Gasteiger partial charge on any atom is 0.328 e. The van der Waals surface area contributed by atoms with Gasteiger partial charge in [0.15, 0.2) is 0 Å². The van der Waals surface area contributed by atoms with Gasteiger partial charge in [-0.1, -0.05) is 79.8 Å². The monoisotopic (exact) mass is 340 g/mol. The van der Waals surface area contributed by atoms with Crippen molar-refractivity contribution in [1.29, 1.82) is 0 Å². The van der Waals surface area contributed by atoms with Crippen molar-refractivity contribution >= 4 is 5.97 Å². The summed E-state index contributed by atoms with van der Waals surface area (Å²) < 4.78 is 0. The lowest BCUT2D eigenvalue weighted by molar-refractivity contribution is -0.131. The third-order valence-corrected chi connectivity index (χ3v) is 3.18. The van der Waals surface area contributed by atoms with Gasteiger partial charge < -0.3 is 5.11 Å². The van der Waals surface area contributed by atoms with Crippen molar-refractivity contribution in [3.05, 3.63) is 84.6 Å². The van der Waals surface area contributed by atoms with Crippen LogP contribution in [0.3, 0.4) is 0 Å². The average Bonchev–Trinajstić information content (AvgIpc) is 2.57. The van der Waals surface area contributed by atoms with Gasteiger partial charge in [0, 0.05) is 6.08 Å². The Morgan fingerprint density at radius 1 is 0.760 bits per heavy atom. The summed E-state index contributed by atoms with van der Waals surface area (Å²) in [7, 11) is 0. The first-order valence-electron chi connectivity index (χ1n) is 9.01. The Morgan fingerprint density at radius 2 is 1.28 bits per heavy atom. The predicted octanol–water partition coefficient (Wildman–Crippen LogP) is 6.72. The zero-order chi connectivity index (χ0) is 18.6. The summed E-state index contributed by atoms with van der Waals surface area (Å²) in [6, 6.07) is 0. The fraction of sp³-hybridized carbons (Fsp3) is 0.348. The summed E-state index contributed by atoms with van der Waals surface area (Å²) in [6.07, 6.45) is 32.6. The number of hydrogen-bond acceptors (Lipinski definition) is 1. The summed E-state index contributed by atoms with van der Waals surface area (Å²) in [5.74, 6) is -0.912. The highest BCUT2D eigenvalue weighted by Crippen LogP contribution is 1.99. The van der Waals surface area contributed by atoms with E-state index in [9.17, 15) is 4.79 Å². The molecule has 1 N–H and O–H groups in total. The van der Waals surface area contributed by atoms with E-state index in [1.807, 2.05) is 12.2 Å². The number of aliphatic carboxylic acids is 1. The normalized spacial score (nSPS) is 13.8. The van der Waals surface area contributed by atoms with E-state index in [1.165, 1.54) is 6.08 Å². The zero-order valence-corrected chi connectivity index (χ0v) is 15.6. The van der Waals surface area contributed by atoms with Gasteiger partial charge in [0.05, 0.1) is 0 Å². The van der Waals surface area contributed by atoms with Gasteiger partial charge in [0.1, 0.15) is 0 Å². The topological polar surface area (TPSA) is 37.3 Å².